The van der Waals surface area contributed by atoms with E-state index in [1.54, 1.807) is 29.1 Å². The van der Waals surface area contributed by atoms with Gasteiger partial charge in [0.2, 0.25) is 0 Å². The third kappa shape index (κ3) is 2.77. The Morgan fingerprint density at radius 2 is 2.33 bits per heavy atom. The minimum atomic E-state index is -0.288. The highest BCUT2D eigenvalue weighted by atomic mass is 79.9. The fraction of sp³-hybridized carbons (Fsp3) is 0.250. The summed E-state index contributed by atoms with van der Waals surface area (Å²) in [6, 6.07) is 4.89. The predicted octanol–water partition coefficient (Wildman–Crippen LogP) is 2.07. The number of aryl methyl sites for hydroxylation is 1. The van der Waals surface area contributed by atoms with E-state index in [0.717, 1.165) is 5.56 Å². The van der Waals surface area contributed by atoms with Gasteiger partial charge in [0, 0.05) is 18.8 Å². The van der Waals surface area contributed by atoms with Crippen molar-refractivity contribution in [3.8, 4) is 0 Å². The summed E-state index contributed by atoms with van der Waals surface area (Å²) in [6.45, 7) is 0. The van der Waals surface area contributed by atoms with Crippen LogP contribution >= 0.6 is 15.9 Å². The van der Waals surface area contributed by atoms with Gasteiger partial charge < -0.3 is 0 Å². The highest BCUT2D eigenvalue weighted by Crippen LogP contribution is 2.25. The Balaban J connectivity index is 2.25. The molecular formula is C12H14BrFN4. The minimum absolute atomic E-state index is 0.285. The van der Waals surface area contributed by atoms with E-state index in [9.17, 15) is 4.39 Å². The molecule has 0 bridgehead atoms. The number of hydrogen-bond donors (Lipinski definition) is 2. The van der Waals surface area contributed by atoms with Crippen molar-refractivity contribution in [1.29, 1.82) is 0 Å². The molecule has 0 aliphatic rings. The van der Waals surface area contributed by atoms with Crippen LogP contribution in [0.1, 0.15) is 17.2 Å². The number of benzene rings is 1. The molecule has 0 saturated heterocycles. The molecule has 96 valence electrons. The quantitative estimate of drug-likeness (QED) is 0.671. The first kappa shape index (κ1) is 13.2. The molecule has 2 rings (SSSR count). The lowest BCUT2D eigenvalue weighted by Crippen LogP contribution is -2.30. The van der Waals surface area contributed by atoms with Gasteiger partial charge in [0.1, 0.15) is 5.82 Å². The number of halogens is 2. The summed E-state index contributed by atoms with van der Waals surface area (Å²) < 4.78 is 16.1. The van der Waals surface area contributed by atoms with E-state index in [4.69, 9.17) is 5.84 Å². The van der Waals surface area contributed by atoms with Crippen molar-refractivity contribution in [2.75, 3.05) is 0 Å². The highest BCUT2D eigenvalue weighted by Gasteiger charge is 2.17. The maximum atomic E-state index is 14.0. The van der Waals surface area contributed by atoms with E-state index in [2.05, 4.69) is 26.5 Å². The minimum Gasteiger partial charge on any atom is -0.276 e. The molecular weight excluding hydrogens is 299 g/mol. The van der Waals surface area contributed by atoms with Gasteiger partial charge >= 0.3 is 0 Å². The van der Waals surface area contributed by atoms with Crippen molar-refractivity contribution in [3.63, 3.8) is 0 Å². The average molecular weight is 313 g/mol. The van der Waals surface area contributed by atoms with Crippen molar-refractivity contribution < 1.29 is 4.39 Å². The third-order valence-electron chi connectivity index (χ3n) is 2.76. The summed E-state index contributed by atoms with van der Waals surface area (Å²) in [5.41, 5.74) is 4.18. The van der Waals surface area contributed by atoms with E-state index in [0.29, 0.717) is 16.5 Å². The number of hydrazine groups is 1. The molecule has 0 fully saturated rings. The van der Waals surface area contributed by atoms with Gasteiger partial charge in [0.25, 0.3) is 0 Å². The smallest absolute Gasteiger partial charge is 0.142 e. The van der Waals surface area contributed by atoms with Gasteiger partial charge in [-0.25, -0.2) is 4.39 Å². The van der Waals surface area contributed by atoms with Crippen LogP contribution in [0.3, 0.4) is 0 Å². The molecule has 1 aromatic carbocycles. The molecule has 1 atom stereocenters. The maximum absolute atomic E-state index is 14.0. The van der Waals surface area contributed by atoms with Gasteiger partial charge in [-0.1, -0.05) is 12.1 Å². The molecule has 0 saturated carbocycles. The van der Waals surface area contributed by atoms with Gasteiger partial charge in [0.15, 0.2) is 0 Å². The molecule has 18 heavy (non-hydrogen) atoms. The van der Waals surface area contributed by atoms with Crippen LogP contribution in [0.25, 0.3) is 0 Å². The van der Waals surface area contributed by atoms with Crippen LogP contribution in [-0.2, 0) is 13.5 Å². The number of nitrogens with one attached hydrogen (secondary N) is 1. The van der Waals surface area contributed by atoms with Crippen molar-refractivity contribution >= 4 is 15.9 Å². The van der Waals surface area contributed by atoms with Crippen molar-refractivity contribution in [3.05, 3.63) is 52.0 Å². The standard InChI is InChI=1S/C12H14BrFN4/c1-18-7-8(6-16-18)5-11(17-15)9-3-2-4-10(13)12(9)14/h2-4,6-7,11,17H,5,15H2,1H3. The van der Waals surface area contributed by atoms with Crippen LogP contribution in [0.15, 0.2) is 35.1 Å². The molecule has 2 aromatic rings. The normalized spacial score (nSPS) is 12.7. The highest BCUT2D eigenvalue weighted by molar-refractivity contribution is 9.10. The van der Waals surface area contributed by atoms with Gasteiger partial charge in [-0.05, 0) is 34.0 Å². The lowest BCUT2D eigenvalue weighted by Gasteiger charge is -2.16. The second kappa shape index (κ2) is 5.60. The number of rotatable bonds is 4. The Morgan fingerprint density at radius 1 is 1.56 bits per heavy atom. The summed E-state index contributed by atoms with van der Waals surface area (Å²) in [6.07, 6.45) is 4.22. The second-order valence-corrected chi connectivity index (χ2v) is 4.94. The van der Waals surface area contributed by atoms with Gasteiger partial charge in [-0.15, -0.1) is 0 Å². The Kier molecular flexibility index (Phi) is 4.11. The number of nitrogens with zero attached hydrogens (tertiary/aromatic N) is 2. The maximum Gasteiger partial charge on any atom is 0.142 e. The van der Waals surface area contributed by atoms with Crippen molar-refractivity contribution in [2.45, 2.75) is 12.5 Å². The lowest BCUT2D eigenvalue weighted by atomic mass is 10.0. The van der Waals surface area contributed by atoms with Crippen LogP contribution in [0, 0.1) is 5.82 Å². The SMILES string of the molecule is Cn1cc(CC(NN)c2cccc(Br)c2F)cn1. The largest absolute Gasteiger partial charge is 0.276 e. The molecule has 0 amide bonds. The van der Waals surface area contributed by atoms with Crippen LogP contribution in [0.2, 0.25) is 0 Å². The van der Waals surface area contributed by atoms with E-state index < -0.39 is 0 Å². The van der Waals surface area contributed by atoms with Crippen LogP contribution in [0.5, 0.6) is 0 Å². The molecule has 0 radical (unpaired) electrons. The third-order valence-corrected chi connectivity index (χ3v) is 3.37. The van der Waals surface area contributed by atoms with Gasteiger partial charge in [0.05, 0.1) is 16.7 Å². The summed E-state index contributed by atoms with van der Waals surface area (Å²) in [5, 5.41) is 4.08. The molecule has 1 heterocycles. The van der Waals surface area contributed by atoms with Gasteiger partial charge in [-0.2, -0.15) is 5.10 Å². The Morgan fingerprint density at radius 3 is 2.94 bits per heavy atom. The predicted molar refractivity (Wildman–Crippen MR) is 71.1 cm³/mol. The zero-order valence-corrected chi connectivity index (χ0v) is 11.5. The molecule has 3 N–H and O–H groups in total. The summed E-state index contributed by atoms with van der Waals surface area (Å²) >= 11 is 3.17. The topological polar surface area (TPSA) is 55.9 Å². The zero-order valence-electron chi connectivity index (χ0n) is 9.90. The molecule has 4 nitrogen and oxygen atoms in total. The molecule has 1 aromatic heterocycles. The fourth-order valence-electron chi connectivity index (χ4n) is 1.86. The average Bonchev–Trinajstić information content (AvgIpc) is 2.76. The number of hydrogen-bond acceptors (Lipinski definition) is 3. The number of nitrogens with two attached hydrogens (primary N) is 1. The Bertz CT molecular complexity index is 541. The monoisotopic (exact) mass is 312 g/mol. The molecule has 0 spiro atoms. The first-order valence-electron chi connectivity index (χ1n) is 5.49. The summed E-state index contributed by atoms with van der Waals surface area (Å²) in [5.74, 6) is 5.23. The molecule has 1 unspecified atom stereocenters. The second-order valence-electron chi connectivity index (χ2n) is 4.09. The Hall–Kier alpha value is -1.24. The van der Waals surface area contributed by atoms with E-state index in [1.807, 2.05) is 13.2 Å². The van der Waals surface area contributed by atoms with Crippen molar-refractivity contribution in [1.82, 2.24) is 15.2 Å². The van der Waals surface area contributed by atoms with Crippen LogP contribution in [0.4, 0.5) is 4.39 Å². The Labute approximate surface area is 113 Å². The fourth-order valence-corrected chi connectivity index (χ4v) is 2.24. The number of aromatic nitrogens is 2. The molecule has 0 aliphatic carbocycles. The lowest BCUT2D eigenvalue weighted by molar-refractivity contribution is 0.508. The summed E-state index contributed by atoms with van der Waals surface area (Å²) in [7, 11) is 1.84. The zero-order chi connectivity index (χ0) is 13.1. The van der Waals surface area contributed by atoms with E-state index in [1.165, 1.54) is 0 Å². The molecule has 6 heteroatoms. The van der Waals surface area contributed by atoms with E-state index in [-0.39, 0.29) is 11.9 Å². The van der Waals surface area contributed by atoms with E-state index >= 15 is 0 Å². The van der Waals surface area contributed by atoms with Crippen LogP contribution in [-0.4, -0.2) is 9.78 Å². The molecule has 0 aliphatic heterocycles. The van der Waals surface area contributed by atoms with Gasteiger partial charge in [-0.3, -0.25) is 16.0 Å². The summed E-state index contributed by atoms with van der Waals surface area (Å²) in [4.78, 5) is 0. The first-order chi connectivity index (χ1) is 8.61. The van der Waals surface area contributed by atoms with Crippen molar-refractivity contribution in [2.24, 2.45) is 12.9 Å². The van der Waals surface area contributed by atoms with Crippen LogP contribution < -0.4 is 11.3 Å². The first-order valence-corrected chi connectivity index (χ1v) is 6.28.